The summed E-state index contributed by atoms with van der Waals surface area (Å²) in [6, 6.07) is 9.67. The minimum Gasteiger partial charge on any atom is -0.444 e. The van der Waals surface area contributed by atoms with E-state index in [1.165, 1.54) is 0 Å². The monoisotopic (exact) mass is 519 g/mol. The highest BCUT2D eigenvalue weighted by molar-refractivity contribution is 6.04. The molecule has 200 valence electrons. The average molecular weight is 520 g/mol. The standard InChI is InChI=1S/C27H33N7O4/c1-16-8-13-20(30-15-16)31-25(36)18-11-9-17(10-12-18)21-22(23(28)35)34(29)24(32-21)19-7-5-6-14-33(19)26(37)38-27(2,3)4/h8-13,15,19H,5-7,14,29H2,1-4H3,(H2,28,35)(H,30,31,36). The fourth-order valence-corrected chi connectivity index (χ4v) is 4.37. The van der Waals surface area contributed by atoms with Crippen LogP contribution in [0.25, 0.3) is 11.3 Å². The van der Waals surface area contributed by atoms with Gasteiger partial charge in [0, 0.05) is 23.9 Å². The van der Waals surface area contributed by atoms with Crippen LogP contribution >= 0.6 is 0 Å². The Morgan fingerprint density at radius 2 is 1.79 bits per heavy atom. The number of nitrogens with zero attached hydrogens (tertiary/aromatic N) is 4. The van der Waals surface area contributed by atoms with Crippen LogP contribution < -0.4 is 16.9 Å². The van der Waals surface area contributed by atoms with E-state index < -0.39 is 23.6 Å². The number of pyridine rings is 1. The smallest absolute Gasteiger partial charge is 0.410 e. The molecule has 1 fully saturated rings. The summed E-state index contributed by atoms with van der Waals surface area (Å²) in [4.78, 5) is 48.5. The van der Waals surface area contributed by atoms with Crippen molar-refractivity contribution >= 4 is 23.7 Å². The van der Waals surface area contributed by atoms with Crippen LogP contribution in [0.4, 0.5) is 10.6 Å². The lowest BCUT2D eigenvalue weighted by Crippen LogP contribution is -2.43. The molecule has 0 radical (unpaired) electrons. The molecule has 0 spiro atoms. The van der Waals surface area contributed by atoms with Crippen molar-refractivity contribution in [2.45, 2.75) is 58.6 Å². The number of hydrogen-bond donors (Lipinski definition) is 3. The number of rotatable bonds is 5. The average Bonchev–Trinajstić information content (AvgIpc) is 3.21. The Kier molecular flexibility index (Phi) is 7.38. The molecule has 0 aliphatic carbocycles. The Bertz CT molecular complexity index is 1340. The maximum atomic E-state index is 12.9. The van der Waals surface area contributed by atoms with Crippen LogP contribution in [-0.4, -0.2) is 49.6 Å². The molecule has 11 nitrogen and oxygen atoms in total. The van der Waals surface area contributed by atoms with Gasteiger partial charge in [0.1, 0.15) is 17.1 Å². The van der Waals surface area contributed by atoms with Gasteiger partial charge < -0.3 is 21.6 Å². The molecule has 1 saturated heterocycles. The minimum absolute atomic E-state index is 0.00997. The number of nitrogens with one attached hydrogen (secondary N) is 1. The first kappa shape index (κ1) is 26.6. The number of carbonyl (C=O) groups is 3. The van der Waals surface area contributed by atoms with Crippen LogP contribution in [0.2, 0.25) is 0 Å². The quantitative estimate of drug-likeness (QED) is 0.433. The lowest BCUT2D eigenvalue weighted by Gasteiger charge is -2.36. The van der Waals surface area contributed by atoms with Gasteiger partial charge in [-0.25, -0.2) is 19.4 Å². The van der Waals surface area contributed by atoms with Crippen molar-refractivity contribution in [2.75, 3.05) is 17.7 Å². The third-order valence-corrected chi connectivity index (χ3v) is 6.17. The number of hydrogen-bond acceptors (Lipinski definition) is 7. The van der Waals surface area contributed by atoms with Gasteiger partial charge in [-0.3, -0.25) is 14.5 Å². The van der Waals surface area contributed by atoms with Crippen molar-refractivity contribution < 1.29 is 19.1 Å². The molecule has 1 aliphatic rings. The lowest BCUT2D eigenvalue weighted by atomic mass is 10.0. The first-order valence-electron chi connectivity index (χ1n) is 12.5. The number of anilines is 1. The molecule has 1 unspecified atom stereocenters. The van der Waals surface area contributed by atoms with Crippen LogP contribution in [-0.2, 0) is 4.74 Å². The Morgan fingerprint density at radius 3 is 2.39 bits per heavy atom. The first-order chi connectivity index (χ1) is 17.9. The number of likely N-dealkylation sites (tertiary alicyclic amines) is 1. The number of aryl methyl sites for hydroxylation is 1. The zero-order chi connectivity index (χ0) is 27.6. The van der Waals surface area contributed by atoms with E-state index in [9.17, 15) is 14.4 Å². The highest BCUT2D eigenvalue weighted by Crippen LogP contribution is 2.34. The Hall–Kier alpha value is -4.41. The second-order valence-electron chi connectivity index (χ2n) is 10.3. The molecule has 11 heteroatoms. The highest BCUT2D eigenvalue weighted by Gasteiger charge is 2.36. The summed E-state index contributed by atoms with van der Waals surface area (Å²) < 4.78 is 6.76. The van der Waals surface area contributed by atoms with Gasteiger partial charge in [0.25, 0.3) is 11.8 Å². The minimum atomic E-state index is -0.756. The van der Waals surface area contributed by atoms with Crippen molar-refractivity contribution in [1.29, 1.82) is 0 Å². The van der Waals surface area contributed by atoms with Crippen LogP contribution in [0.5, 0.6) is 0 Å². The number of carbonyl (C=O) groups excluding carboxylic acids is 3. The molecule has 3 heterocycles. The highest BCUT2D eigenvalue weighted by atomic mass is 16.6. The van der Waals surface area contributed by atoms with Crippen molar-refractivity contribution in [3.8, 4) is 11.3 Å². The van der Waals surface area contributed by atoms with Gasteiger partial charge in [-0.05, 0) is 70.7 Å². The van der Waals surface area contributed by atoms with Gasteiger partial charge in [-0.1, -0.05) is 18.2 Å². The van der Waals surface area contributed by atoms with Crippen LogP contribution in [0.3, 0.4) is 0 Å². The Morgan fingerprint density at radius 1 is 1.08 bits per heavy atom. The second-order valence-corrected chi connectivity index (χ2v) is 10.3. The lowest BCUT2D eigenvalue weighted by molar-refractivity contribution is 0.00821. The Labute approximate surface area is 221 Å². The van der Waals surface area contributed by atoms with Crippen LogP contribution in [0.15, 0.2) is 42.6 Å². The summed E-state index contributed by atoms with van der Waals surface area (Å²) >= 11 is 0. The zero-order valence-corrected chi connectivity index (χ0v) is 22.0. The third-order valence-electron chi connectivity index (χ3n) is 6.17. The molecule has 1 aliphatic heterocycles. The summed E-state index contributed by atoms with van der Waals surface area (Å²) in [6.07, 6.45) is 3.49. The molecule has 1 aromatic carbocycles. The first-order valence-corrected chi connectivity index (χ1v) is 12.5. The normalized spacial score (nSPS) is 15.7. The van der Waals surface area contributed by atoms with Crippen molar-refractivity contribution in [2.24, 2.45) is 5.73 Å². The number of primary amides is 1. The number of imidazole rings is 1. The van der Waals surface area contributed by atoms with E-state index in [-0.39, 0.29) is 17.3 Å². The van der Waals surface area contributed by atoms with E-state index in [4.69, 9.17) is 16.3 Å². The maximum Gasteiger partial charge on any atom is 0.410 e. The summed E-state index contributed by atoms with van der Waals surface area (Å²) in [5, 5.41) is 2.75. The fourth-order valence-electron chi connectivity index (χ4n) is 4.37. The maximum absolute atomic E-state index is 12.9. The van der Waals surface area contributed by atoms with Crippen molar-refractivity contribution in [3.05, 3.63) is 65.2 Å². The number of piperidine rings is 1. The number of nitrogen functional groups attached to an aromatic ring is 1. The van der Waals surface area contributed by atoms with E-state index in [1.54, 1.807) is 62.2 Å². The predicted molar refractivity (Wildman–Crippen MR) is 143 cm³/mol. The second kappa shape index (κ2) is 10.5. The predicted octanol–water partition coefficient (Wildman–Crippen LogP) is 3.78. The third kappa shape index (κ3) is 5.77. The largest absolute Gasteiger partial charge is 0.444 e. The van der Waals surface area contributed by atoms with Gasteiger partial charge in [0.2, 0.25) is 0 Å². The summed E-state index contributed by atoms with van der Waals surface area (Å²) in [5.41, 5.74) is 7.25. The molecular formula is C27H33N7O4. The van der Waals surface area contributed by atoms with E-state index in [2.05, 4.69) is 15.3 Å². The molecule has 5 N–H and O–H groups in total. The molecule has 0 bridgehead atoms. The number of amides is 3. The van der Waals surface area contributed by atoms with Crippen molar-refractivity contribution in [3.63, 3.8) is 0 Å². The van der Waals surface area contributed by atoms with E-state index >= 15 is 0 Å². The van der Waals surface area contributed by atoms with E-state index in [0.29, 0.717) is 35.7 Å². The van der Waals surface area contributed by atoms with E-state index in [1.807, 2.05) is 13.0 Å². The SMILES string of the molecule is Cc1ccc(NC(=O)c2ccc(-c3nc(C4CCCCN4C(=O)OC(C)(C)C)n(N)c3C(N)=O)cc2)nc1. The molecule has 4 rings (SSSR count). The van der Waals surface area contributed by atoms with Gasteiger partial charge >= 0.3 is 6.09 Å². The molecular weight excluding hydrogens is 486 g/mol. The summed E-state index contributed by atoms with van der Waals surface area (Å²) in [6.45, 7) is 7.80. The number of aromatic nitrogens is 3. The Balaban J connectivity index is 1.63. The fraction of sp³-hybridized carbons (Fsp3) is 0.370. The molecule has 1 atom stereocenters. The topological polar surface area (TPSA) is 158 Å². The van der Waals surface area contributed by atoms with Crippen LogP contribution in [0.1, 0.15) is 78.3 Å². The summed E-state index contributed by atoms with van der Waals surface area (Å²) in [5.74, 6) is 6.03. The van der Waals surface area contributed by atoms with Gasteiger partial charge in [-0.2, -0.15) is 0 Å². The number of benzene rings is 1. The number of ether oxygens (including phenoxy) is 1. The van der Waals surface area contributed by atoms with Gasteiger partial charge in [-0.15, -0.1) is 0 Å². The molecule has 38 heavy (non-hydrogen) atoms. The van der Waals surface area contributed by atoms with Gasteiger partial charge in [0.15, 0.2) is 11.5 Å². The van der Waals surface area contributed by atoms with E-state index in [0.717, 1.165) is 23.1 Å². The molecule has 0 saturated carbocycles. The molecule has 3 aromatic rings. The van der Waals surface area contributed by atoms with Gasteiger partial charge in [0.05, 0.1) is 6.04 Å². The molecule has 2 aromatic heterocycles. The van der Waals surface area contributed by atoms with Crippen molar-refractivity contribution in [1.82, 2.24) is 19.5 Å². The zero-order valence-electron chi connectivity index (χ0n) is 22.0. The summed E-state index contributed by atoms with van der Waals surface area (Å²) in [7, 11) is 0. The molecule has 3 amide bonds. The van der Waals surface area contributed by atoms with Crippen LogP contribution in [0, 0.1) is 6.92 Å². The number of nitrogens with two attached hydrogens (primary N) is 2.